The first-order valence-corrected chi connectivity index (χ1v) is 11.9. The van der Waals surface area contributed by atoms with E-state index in [1.165, 1.54) is 33.9 Å². The first kappa shape index (κ1) is 20.8. The van der Waals surface area contributed by atoms with Gasteiger partial charge in [0, 0.05) is 30.1 Å². The van der Waals surface area contributed by atoms with Gasteiger partial charge in [-0.3, -0.25) is 9.10 Å². The Balaban J connectivity index is 1.86. The summed E-state index contributed by atoms with van der Waals surface area (Å²) < 4.78 is 42.1. The van der Waals surface area contributed by atoms with Gasteiger partial charge in [0.1, 0.15) is 32.1 Å². The molecule has 28 heavy (non-hydrogen) atoms. The summed E-state index contributed by atoms with van der Waals surface area (Å²) in [4.78, 5) is 17.0. The van der Waals surface area contributed by atoms with Crippen molar-refractivity contribution in [1.29, 1.82) is 0 Å². The first-order chi connectivity index (χ1) is 13.2. The second-order valence-electron chi connectivity index (χ2n) is 5.74. The number of rotatable bonds is 6. The zero-order valence-electron chi connectivity index (χ0n) is 14.4. The fraction of sp³-hybridized carbons (Fsp3) is 0.188. The molecule has 0 unspecified atom stereocenters. The lowest BCUT2D eigenvalue weighted by Gasteiger charge is -2.25. The molecule has 1 amide bonds. The van der Waals surface area contributed by atoms with Crippen molar-refractivity contribution in [3.05, 3.63) is 57.4 Å². The highest BCUT2D eigenvalue weighted by Crippen LogP contribution is 2.28. The zero-order chi connectivity index (χ0) is 20.3. The van der Waals surface area contributed by atoms with Crippen molar-refractivity contribution in [1.82, 2.24) is 9.29 Å². The number of carbonyl (C=O) groups is 1. The average Bonchev–Trinajstić information content (AvgIpc) is 3.17. The molecular formula is C16H14ClFN4O3S3. The number of allylic oxidation sites excluding steroid dienone is 1. The van der Waals surface area contributed by atoms with Crippen LogP contribution in [0.1, 0.15) is 5.01 Å². The predicted molar refractivity (Wildman–Crippen MR) is 111 cm³/mol. The molecule has 3 rings (SSSR count). The van der Waals surface area contributed by atoms with E-state index in [1.807, 2.05) is 0 Å². The number of amides is 1. The van der Waals surface area contributed by atoms with E-state index in [-0.39, 0.29) is 23.0 Å². The lowest BCUT2D eigenvalue weighted by Crippen LogP contribution is -2.32. The van der Waals surface area contributed by atoms with Gasteiger partial charge in [0.15, 0.2) is 0 Å². The predicted octanol–water partition coefficient (Wildman–Crippen LogP) is 3.17. The van der Waals surface area contributed by atoms with Crippen molar-refractivity contribution in [2.45, 2.75) is 0 Å². The minimum Gasteiger partial charge on any atom is -0.321 e. The summed E-state index contributed by atoms with van der Waals surface area (Å²) in [5.41, 5.74) is 1.01. The highest BCUT2D eigenvalue weighted by molar-refractivity contribution is 7.96. The van der Waals surface area contributed by atoms with E-state index in [0.29, 0.717) is 16.4 Å². The van der Waals surface area contributed by atoms with E-state index in [0.717, 1.165) is 24.5 Å². The topological polar surface area (TPSA) is 91.7 Å². The van der Waals surface area contributed by atoms with Gasteiger partial charge >= 0.3 is 0 Å². The summed E-state index contributed by atoms with van der Waals surface area (Å²) in [7, 11) is -3.23. The van der Waals surface area contributed by atoms with Crippen LogP contribution in [0.2, 0.25) is 5.02 Å². The lowest BCUT2D eigenvalue weighted by molar-refractivity contribution is -0.113. The minimum absolute atomic E-state index is 0.0710. The Labute approximate surface area is 174 Å². The third-order valence-corrected chi connectivity index (χ3v) is 6.37. The minimum atomic E-state index is -3.23. The van der Waals surface area contributed by atoms with Crippen molar-refractivity contribution in [2.75, 3.05) is 23.9 Å². The van der Waals surface area contributed by atoms with Crippen molar-refractivity contribution >= 4 is 62.2 Å². The number of carbonyl (C=O) groups excluding carboxylic acids is 1. The van der Waals surface area contributed by atoms with Gasteiger partial charge < -0.3 is 5.32 Å². The van der Waals surface area contributed by atoms with Crippen LogP contribution in [-0.2, 0) is 14.6 Å². The fourth-order valence-corrected chi connectivity index (χ4v) is 4.36. The number of anilines is 1. The Kier molecular flexibility index (Phi) is 6.38. The summed E-state index contributed by atoms with van der Waals surface area (Å²) in [6.45, 7) is 0.0710. The highest BCUT2D eigenvalue weighted by atomic mass is 35.5. The molecule has 1 aromatic heterocycles. The summed E-state index contributed by atoms with van der Waals surface area (Å²) in [5, 5.41) is 4.93. The van der Waals surface area contributed by atoms with E-state index in [2.05, 4.69) is 14.7 Å². The smallest absolute Gasteiger partial charge is 0.272 e. The van der Waals surface area contributed by atoms with E-state index >= 15 is 0 Å². The van der Waals surface area contributed by atoms with Crippen molar-refractivity contribution in [2.24, 2.45) is 4.40 Å². The van der Waals surface area contributed by atoms with Gasteiger partial charge in [-0.2, -0.15) is 4.40 Å². The molecule has 12 heteroatoms. The van der Waals surface area contributed by atoms with Crippen LogP contribution in [0.3, 0.4) is 0 Å². The van der Waals surface area contributed by atoms with Gasteiger partial charge in [0.25, 0.3) is 5.91 Å². The van der Waals surface area contributed by atoms with E-state index in [9.17, 15) is 17.6 Å². The first-order valence-electron chi connectivity index (χ1n) is 7.81. The molecule has 1 aliphatic heterocycles. The monoisotopic (exact) mass is 460 g/mol. The summed E-state index contributed by atoms with van der Waals surface area (Å²) in [5.74, 6) is -1.25. The fourth-order valence-electron chi connectivity index (χ4n) is 2.17. The lowest BCUT2D eigenvalue weighted by atomic mass is 10.2. The summed E-state index contributed by atoms with van der Waals surface area (Å²) in [6.07, 6.45) is 4.28. The second-order valence-corrected chi connectivity index (χ2v) is 10.1. The molecule has 148 valence electrons. The van der Waals surface area contributed by atoms with Crippen LogP contribution < -0.4 is 5.32 Å². The molecule has 0 saturated carbocycles. The number of hydrogen-bond donors (Lipinski definition) is 1. The zero-order valence-corrected chi connectivity index (χ0v) is 17.6. The van der Waals surface area contributed by atoms with Gasteiger partial charge in [-0.25, -0.2) is 17.8 Å². The molecule has 1 aromatic carbocycles. The largest absolute Gasteiger partial charge is 0.321 e. The molecule has 1 N–H and O–H groups in total. The number of hydrogen-bond acceptors (Lipinski definition) is 8. The molecule has 0 saturated heterocycles. The van der Waals surface area contributed by atoms with Crippen molar-refractivity contribution in [3.63, 3.8) is 0 Å². The molecule has 0 bridgehead atoms. The highest BCUT2D eigenvalue weighted by Gasteiger charge is 2.25. The average molecular weight is 461 g/mol. The molecule has 0 aliphatic carbocycles. The van der Waals surface area contributed by atoms with E-state index < -0.39 is 21.6 Å². The number of sulfone groups is 1. The number of halogens is 2. The van der Waals surface area contributed by atoms with Crippen molar-refractivity contribution in [3.8, 4) is 0 Å². The number of aromatic nitrogens is 1. The number of nitrogens with one attached hydrogen (secondary N) is 1. The quantitative estimate of drug-likeness (QED) is 0.666. The van der Waals surface area contributed by atoms with Crippen LogP contribution in [0.4, 0.5) is 10.1 Å². The van der Waals surface area contributed by atoms with Gasteiger partial charge in [-0.15, -0.1) is 11.3 Å². The molecule has 2 heterocycles. The number of benzene rings is 1. The maximum absolute atomic E-state index is 13.3. The Hall–Kier alpha value is -1.95. The molecule has 0 atom stereocenters. The summed E-state index contributed by atoms with van der Waals surface area (Å²) >= 11 is 8.09. The van der Waals surface area contributed by atoms with Crippen LogP contribution >= 0.6 is 35.1 Å². The molecule has 0 spiro atoms. The van der Waals surface area contributed by atoms with E-state index in [1.54, 1.807) is 11.6 Å². The molecular weight excluding hydrogens is 447 g/mol. The van der Waals surface area contributed by atoms with E-state index in [4.69, 9.17) is 11.6 Å². The molecule has 2 aromatic rings. The Morgan fingerprint density at radius 3 is 2.82 bits per heavy atom. The van der Waals surface area contributed by atoms with Gasteiger partial charge in [0.05, 0.1) is 22.9 Å². The summed E-state index contributed by atoms with van der Waals surface area (Å²) in [6, 6.07) is 3.82. The third kappa shape index (κ3) is 5.31. The third-order valence-electron chi connectivity index (χ3n) is 3.51. The maximum atomic E-state index is 13.3. The van der Waals surface area contributed by atoms with Crippen molar-refractivity contribution < 1.29 is 17.6 Å². The normalized spacial score (nSPS) is 14.5. The van der Waals surface area contributed by atoms with Crippen LogP contribution in [0.5, 0.6) is 0 Å². The van der Waals surface area contributed by atoms with Gasteiger partial charge in [0.2, 0.25) is 0 Å². The second kappa shape index (κ2) is 8.60. The molecule has 0 radical (unpaired) electrons. The van der Waals surface area contributed by atoms with Crippen LogP contribution in [0.15, 0.2) is 45.9 Å². The maximum Gasteiger partial charge on any atom is 0.272 e. The molecule has 1 aliphatic rings. The Bertz CT molecular complexity index is 1060. The molecule has 7 nitrogen and oxygen atoms in total. The van der Waals surface area contributed by atoms with Crippen LogP contribution in [0, 0.1) is 5.82 Å². The van der Waals surface area contributed by atoms with Crippen LogP contribution in [0.25, 0.3) is 0 Å². The van der Waals surface area contributed by atoms with Crippen LogP contribution in [-0.4, -0.2) is 47.9 Å². The molecule has 0 fully saturated rings. The standard InChI is InChI=1S/C16H14ClFN4O3S3/c1-28(24,25)7-5-22-14(9-13(21-27-22)16-19-4-6-26-16)15(23)20-10-2-3-12(18)11(17)8-10/h2-4,6,8-9H,5,7H2,1H3,(H,20,23). The Morgan fingerprint density at radius 1 is 1.39 bits per heavy atom. The van der Waals surface area contributed by atoms with Gasteiger partial charge in [-0.05, 0) is 24.3 Å². The SMILES string of the molecule is CS(=O)(=O)CCN1SN=C(c2nccs2)C=C1C(=O)Nc1ccc(F)c(Cl)c1. The Morgan fingerprint density at radius 2 is 2.18 bits per heavy atom. The van der Waals surface area contributed by atoms with Gasteiger partial charge in [-0.1, -0.05) is 11.6 Å². The number of nitrogens with zero attached hydrogens (tertiary/aromatic N) is 3. The number of thiazole rings is 1.